The molecule has 2 aliphatic rings. The number of nitrogens with one attached hydrogen (secondary N) is 2. The van der Waals surface area contributed by atoms with Gasteiger partial charge in [0.2, 0.25) is 5.91 Å². The van der Waals surface area contributed by atoms with Gasteiger partial charge in [0.05, 0.1) is 0 Å². The Hall–Kier alpha value is -2.31. The summed E-state index contributed by atoms with van der Waals surface area (Å²) in [5, 5.41) is 6.48. The Morgan fingerprint density at radius 2 is 1.84 bits per heavy atom. The summed E-state index contributed by atoms with van der Waals surface area (Å²) in [5.41, 5.74) is 1.80. The van der Waals surface area contributed by atoms with Crippen LogP contribution in [0.1, 0.15) is 36.8 Å². The van der Waals surface area contributed by atoms with Gasteiger partial charge in [0, 0.05) is 44.7 Å². The molecular weight excluding hydrogens is 396 g/mol. The van der Waals surface area contributed by atoms with E-state index in [4.69, 9.17) is 0 Å². The van der Waals surface area contributed by atoms with E-state index in [0.717, 1.165) is 45.1 Å². The highest BCUT2D eigenvalue weighted by Gasteiger charge is 2.36. The fourth-order valence-corrected chi connectivity index (χ4v) is 5.07. The molecule has 0 saturated carbocycles. The van der Waals surface area contributed by atoms with Gasteiger partial charge in [-0.2, -0.15) is 0 Å². The van der Waals surface area contributed by atoms with E-state index < -0.39 is 11.6 Å². The van der Waals surface area contributed by atoms with E-state index in [1.165, 1.54) is 24.1 Å². The average Bonchev–Trinajstić information content (AvgIpc) is 2.74. The number of benzene rings is 2. The quantitative estimate of drug-likeness (QED) is 0.672. The number of carbonyl (C=O) groups is 1. The Bertz CT molecular complexity index is 856. The highest BCUT2D eigenvalue weighted by atomic mass is 19.1. The van der Waals surface area contributed by atoms with E-state index in [1.54, 1.807) is 0 Å². The Kier molecular flexibility index (Phi) is 7.30. The van der Waals surface area contributed by atoms with Crippen LogP contribution in [0.4, 0.5) is 8.78 Å². The first-order valence-electron chi connectivity index (χ1n) is 11.3. The summed E-state index contributed by atoms with van der Waals surface area (Å²) < 4.78 is 26.5. The number of hydrogen-bond donors (Lipinski definition) is 2. The van der Waals surface area contributed by atoms with Crippen molar-refractivity contribution in [3.8, 4) is 0 Å². The Balaban J connectivity index is 1.20. The minimum atomic E-state index is -0.625. The summed E-state index contributed by atoms with van der Waals surface area (Å²) in [6, 6.07) is 14.4. The van der Waals surface area contributed by atoms with E-state index in [2.05, 4.69) is 45.9 Å². The first-order chi connectivity index (χ1) is 15.0. The number of rotatable bonds is 8. The second-order valence-corrected chi connectivity index (χ2v) is 9.00. The average molecular weight is 428 g/mol. The third kappa shape index (κ3) is 6.34. The standard InChI is InChI=1S/C25H31F2N3O/c26-22-10-19(11-23(27)12-22)13-29-25(31)8-4-7-24-21-9-20(14-28-24)16-30(17-21)15-18-5-2-1-3-6-18/h1-3,5-6,10-12,20-21,24,28H,4,7-9,13-17H2,(H,29,31)/t20?,21?,24-/m1/s1. The van der Waals surface area contributed by atoms with Crippen molar-refractivity contribution < 1.29 is 13.6 Å². The fraction of sp³-hybridized carbons (Fsp3) is 0.480. The van der Waals surface area contributed by atoms with Crippen LogP contribution in [0.3, 0.4) is 0 Å². The summed E-state index contributed by atoms with van der Waals surface area (Å²) in [4.78, 5) is 14.7. The van der Waals surface area contributed by atoms with Gasteiger partial charge in [-0.05, 0) is 60.9 Å². The van der Waals surface area contributed by atoms with Crippen LogP contribution in [-0.4, -0.2) is 36.5 Å². The maximum absolute atomic E-state index is 13.3. The molecule has 2 aromatic carbocycles. The lowest BCUT2D eigenvalue weighted by Crippen LogP contribution is -2.55. The van der Waals surface area contributed by atoms with Crippen LogP contribution in [0.5, 0.6) is 0 Å². The minimum absolute atomic E-state index is 0.0762. The fourth-order valence-electron chi connectivity index (χ4n) is 5.07. The Labute approximate surface area is 183 Å². The first kappa shape index (κ1) is 21.9. The molecule has 1 amide bonds. The van der Waals surface area contributed by atoms with Crippen molar-refractivity contribution in [1.82, 2.24) is 15.5 Å². The van der Waals surface area contributed by atoms with Crippen LogP contribution in [0.25, 0.3) is 0 Å². The molecule has 2 aromatic rings. The Morgan fingerprint density at radius 1 is 1.06 bits per heavy atom. The van der Waals surface area contributed by atoms with Gasteiger partial charge in [0.1, 0.15) is 11.6 Å². The monoisotopic (exact) mass is 427 g/mol. The number of amides is 1. The summed E-state index contributed by atoms with van der Waals surface area (Å²) in [6.45, 7) is 4.44. The second kappa shape index (κ2) is 10.3. The predicted molar refractivity (Wildman–Crippen MR) is 117 cm³/mol. The van der Waals surface area contributed by atoms with Gasteiger partial charge in [-0.25, -0.2) is 8.78 Å². The molecule has 2 heterocycles. The van der Waals surface area contributed by atoms with Crippen LogP contribution in [-0.2, 0) is 17.9 Å². The van der Waals surface area contributed by atoms with Crippen molar-refractivity contribution in [2.75, 3.05) is 19.6 Å². The topological polar surface area (TPSA) is 44.4 Å². The van der Waals surface area contributed by atoms with E-state index >= 15 is 0 Å². The molecule has 0 spiro atoms. The van der Waals surface area contributed by atoms with Gasteiger partial charge in [0.15, 0.2) is 0 Å². The largest absolute Gasteiger partial charge is 0.352 e. The molecule has 0 radical (unpaired) electrons. The van der Waals surface area contributed by atoms with Gasteiger partial charge in [-0.3, -0.25) is 9.69 Å². The molecule has 4 nitrogen and oxygen atoms in total. The Morgan fingerprint density at radius 3 is 2.61 bits per heavy atom. The van der Waals surface area contributed by atoms with Crippen LogP contribution < -0.4 is 10.6 Å². The van der Waals surface area contributed by atoms with Crippen molar-refractivity contribution in [2.45, 2.75) is 44.8 Å². The summed E-state index contributed by atoms with van der Waals surface area (Å²) in [5.74, 6) is -0.00430. The summed E-state index contributed by atoms with van der Waals surface area (Å²) >= 11 is 0. The third-order valence-electron chi connectivity index (χ3n) is 6.46. The molecular formula is C25H31F2N3O. The van der Waals surface area contributed by atoms with Crippen LogP contribution >= 0.6 is 0 Å². The molecule has 2 unspecified atom stereocenters. The van der Waals surface area contributed by atoms with Gasteiger partial charge >= 0.3 is 0 Å². The van der Waals surface area contributed by atoms with E-state index in [0.29, 0.717) is 29.9 Å². The van der Waals surface area contributed by atoms with E-state index in [9.17, 15) is 13.6 Å². The smallest absolute Gasteiger partial charge is 0.220 e. The lowest BCUT2D eigenvalue weighted by atomic mass is 9.79. The molecule has 2 fully saturated rings. The van der Waals surface area contributed by atoms with Crippen molar-refractivity contribution in [3.63, 3.8) is 0 Å². The molecule has 2 aliphatic heterocycles. The zero-order chi connectivity index (χ0) is 21.6. The van der Waals surface area contributed by atoms with Crippen LogP contribution in [0, 0.1) is 23.5 Å². The molecule has 0 aliphatic carbocycles. The number of carbonyl (C=O) groups excluding carboxylic acids is 1. The number of fused-ring (bicyclic) bond motifs is 2. The number of hydrogen-bond acceptors (Lipinski definition) is 3. The van der Waals surface area contributed by atoms with Crippen molar-refractivity contribution in [1.29, 1.82) is 0 Å². The lowest BCUT2D eigenvalue weighted by Gasteiger charge is -2.46. The molecule has 2 bridgehead atoms. The van der Waals surface area contributed by atoms with Crippen molar-refractivity contribution in [3.05, 3.63) is 71.3 Å². The lowest BCUT2D eigenvalue weighted by molar-refractivity contribution is -0.121. The number of halogens is 2. The molecule has 31 heavy (non-hydrogen) atoms. The molecule has 4 rings (SSSR count). The molecule has 3 atom stereocenters. The number of likely N-dealkylation sites (tertiary alicyclic amines) is 1. The van der Waals surface area contributed by atoms with E-state index in [1.807, 2.05) is 0 Å². The summed E-state index contributed by atoms with van der Waals surface area (Å²) in [7, 11) is 0. The first-order valence-corrected chi connectivity index (χ1v) is 11.3. The zero-order valence-corrected chi connectivity index (χ0v) is 17.8. The second-order valence-electron chi connectivity index (χ2n) is 9.00. The highest BCUT2D eigenvalue weighted by molar-refractivity contribution is 5.75. The zero-order valence-electron chi connectivity index (χ0n) is 17.8. The van der Waals surface area contributed by atoms with Crippen molar-refractivity contribution >= 4 is 5.91 Å². The van der Waals surface area contributed by atoms with Gasteiger partial charge in [-0.15, -0.1) is 0 Å². The molecule has 6 heteroatoms. The van der Waals surface area contributed by atoms with Gasteiger partial charge in [-0.1, -0.05) is 30.3 Å². The van der Waals surface area contributed by atoms with Crippen LogP contribution in [0.15, 0.2) is 48.5 Å². The maximum atomic E-state index is 13.3. The predicted octanol–water partition coefficient (Wildman–Crippen LogP) is 3.86. The highest BCUT2D eigenvalue weighted by Crippen LogP contribution is 2.31. The van der Waals surface area contributed by atoms with Crippen molar-refractivity contribution in [2.24, 2.45) is 11.8 Å². The number of nitrogens with zero attached hydrogens (tertiary/aromatic N) is 1. The molecule has 2 N–H and O–H groups in total. The molecule has 166 valence electrons. The SMILES string of the molecule is O=C(CCC[C@H]1NCC2CC1CN(Cc1ccccc1)C2)NCc1cc(F)cc(F)c1. The summed E-state index contributed by atoms with van der Waals surface area (Å²) in [6.07, 6.45) is 3.47. The molecule has 0 aromatic heterocycles. The van der Waals surface area contributed by atoms with E-state index in [-0.39, 0.29) is 12.5 Å². The maximum Gasteiger partial charge on any atom is 0.220 e. The third-order valence-corrected chi connectivity index (χ3v) is 6.46. The normalized spacial score (nSPS) is 23.5. The van der Waals surface area contributed by atoms with Gasteiger partial charge in [0.25, 0.3) is 0 Å². The molecule has 2 saturated heterocycles. The van der Waals surface area contributed by atoms with Gasteiger partial charge < -0.3 is 10.6 Å². The minimum Gasteiger partial charge on any atom is -0.352 e. The van der Waals surface area contributed by atoms with Crippen LogP contribution in [0.2, 0.25) is 0 Å². The number of piperidine rings is 2.